The van der Waals surface area contributed by atoms with Crippen molar-refractivity contribution < 1.29 is 14.2 Å². The molecule has 1 unspecified atom stereocenters. The molecular weight excluding hydrogens is 578 g/mol. The van der Waals surface area contributed by atoms with Crippen LogP contribution in [0.15, 0.2) is 18.2 Å². The third kappa shape index (κ3) is 12.9. The van der Waals surface area contributed by atoms with E-state index in [0.717, 1.165) is 84.7 Å². The fourth-order valence-electron chi connectivity index (χ4n) is 2.75. The molecule has 0 saturated carbocycles. The van der Waals surface area contributed by atoms with Gasteiger partial charge in [0.25, 0.3) is 0 Å². The van der Waals surface area contributed by atoms with Gasteiger partial charge in [0.2, 0.25) is 0 Å². The van der Waals surface area contributed by atoms with E-state index in [1.807, 2.05) is 6.07 Å². The summed E-state index contributed by atoms with van der Waals surface area (Å²) in [5.41, 5.74) is 1.13. The van der Waals surface area contributed by atoms with Gasteiger partial charge in [-0.25, -0.2) is 0 Å². The van der Waals surface area contributed by atoms with Crippen molar-refractivity contribution in [1.82, 2.24) is 5.32 Å². The maximum atomic E-state index is 6.24. The molecule has 0 bridgehead atoms. The van der Waals surface area contributed by atoms with Crippen molar-refractivity contribution >= 4 is 47.8 Å². The smallest absolute Gasteiger partial charge is 0.161 e. The highest BCUT2D eigenvalue weighted by Gasteiger charge is 2.16. The van der Waals surface area contributed by atoms with Crippen molar-refractivity contribution in [3.63, 3.8) is 0 Å². The Kier molecular flexibility index (Phi) is 17.6. The number of rotatable bonds is 19. The van der Waals surface area contributed by atoms with Gasteiger partial charge in [0.15, 0.2) is 11.5 Å². The van der Waals surface area contributed by atoms with Crippen molar-refractivity contribution in [2.24, 2.45) is 0 Å². The largest absolute Gasteiger partial charge is 0.490 e. The Morgan fingerprint density at radius 2 is 1.33 bits per heavy atom. The van der Waals surface area contributed by atoms with Gasteiger partial charge in [0, 0.05) is 35.2 Å². The van der Waals surface area contributed by atoms with Crippen molar-refractivity contribution in [3.05, 3.63) is 23.8 Å². The number of ether oxygens (including phenoxy) is 3. The van der Waals surface area contributed by atoms with Crippen molar-refractivity contribution in [2.75, 3.05) is 42.4 Å². The van der Waals surface area contributed by atoms with Crippen molar-refractivity contribution in [2.45, 2.75) is 64.5 Å². The van der Waals surface area contributed by atoms with Gasteiger partial charge in [-0.05, 0) is 56.2 Å². The summed E-state index contributed by atoms with van der Waals surface area (Å²) in [7, 11) is 0. The monoisotopic (exact) mass is 613 g/mol. The molecule has 1 aromatic rings. The highest BCUT2D eigenvalue weighted by atomic mass is 79.9. The van der Waals surface area contributed by atoms with Gasteiger partial charge in [-0.3, -0.25) is 0 Å². The predicted molar refractivity (Wildman–Crippen MR) is 138 cm³/mol. The van der Waals surface area contributed by atoms with E-state index in [-0.39, 0.29) is 6.10 Å². The van der Waals surface area contributed by atoms with Crippen LogP contribution in [0.5, 0.6) is 11.5 Å². The van der Waals surface area contributed by atoms with Gasteiger partial charge in [0.05, 0.1) is 19.3 Å². The van der Waals surface area contributed by atoms with E-state index in [4.69, 9.17) is 14.2 Å². The molecule has 0 spiro atoms. The standard InChI is InChI=1S/C23H38Br3NO3/c1-19(2)27-18-23(30-16-8-5-13-26)20-9-10-21(28-14-6-3-11-24)22(17-20)29-15-7-4-12-25/h9-10,17,19,23,27H,3-8,11-16,18H2,1-2H3. The summed E-state index contributed by atoms with van der Waals surface area (Å²) in [5, 5.41) is 6.52. The molecule has 174 valence electrons. The van der Waals surface area contributed by atoms with Crippen LogP contribution in [0, 0.1) is 0 Å². The van der Waals surface area contributed by atoms with Crippen LogP contribution < -0.4 is 14.8 Å². The minimum Gasteiger partial charge on any atom is -0.490 e. The Bertz CT molecular complexity index is 546. The van der Waals surface area contributed by atoms with Crippen molar-refractivity contribution in [3.8, 4) is 11.5 Å². The zero-order valence-corrected chi connectivity index (χ0v) is 23.2. The van der Waals surface area contributed by atoms with Crippen LogP contribution >= 0.6 is 47.8 Å². The van der Waals surface area contributed by atoms with E-state index in [1.54, 1.807) is 0 Å². The zero-order valence-electron chi connectivity index (χ0n) is 18.4. The number of benzene rings is 1. The van der Waals surface area contributed by atoms with Crippen molar-refractivity contribution in [1.29, 1.82) is 0 Å². The molecular formula is C23H38Br3NO3. The average Bonchev–Trinajstić information content (AvgIpc) is 2.74. The van der Waals surface area contributed by atoms with Gasteiger partial charge in [0.1, 0.15) is 0 Å². The van der Waals surface area contributed by atoms with Gasteiger partial charge in [-0.2, -0.15) is 0 Å². The Morgan fingerprint density at radius 1 is 0.767 bits per heavy atom. The highest BCUT2D eigenvalue weighted by molar-refractivity contribution is 9.09. The van der Waals surface area contributed by atoms with Crippen LogP contribution in [0.4, 0.5) is 0 Å². The molecule has 4 nitrogen and oxygen atoms in total. The number of hydrogen-bond acceptors (Lipinski definition) is 4. The first-order valence-electron chi connectivity index (χ1n) is 11.0. The Balaban J connectivity index is 2.89. The molecule has 1 N–H and O–H groups in total. The number of nitrogens with one attached hydrogen (secondary N) is 1. The second-order valence-electron chi connectivity index (χ2n) is 7.51. The molecule has 0 aliphatic carbocycles. The molecule has 7 heteroatoms. The third-order valence-electron chi connectivity index (χ3n) is 4.47. The second-order valence-corrected chi connectivity index (χ2v) is 9.89. The van der Waals surface area contributed by atoms with Crippen LogP contribution in [-0.4, -0.2) is 48.4 Å². The summed E-state index contributed by atoms with van der Waals surface area (Å²) >= 11 is 10.4. The van der Waals surface area contributed by atoms with Gasteiger partial charge < -0.3 is 19.5 Å². The number of alkyl halides is 3. The molecule has 0 aromatic heterocycles. The topological polar surface area (TPSA) is 39.7 Å². The Morgan fingerprint density at radius 3 is 1.90 bits per heavy atom. The van der Waals surface area contributed by atoms with Gasteiger partial charge in [-0.1, -0.05) is 67.7 Å². The van der Waals surface area contributed by atoms with E-state index >= 15 is 0 Å². The molecule has 0 radical (unpaired) electrons. The molecule has 1 aromatic carbocycles. The summed E-state index contributed by atoms with van der Waals surface area (Å²) in [6.07, 6.45) is 6.40. The number of unbranched alkanes of at least 4 members (excludes halogenated alkanes) is 3. The van der Waals surface area contributed by atoms with E-state index in [9.17, 15) is 0 Å². The second kappa shape index (κ2) is 18.7. The molecule has 30 heavy (non-hydrogen) atoms. The minimum absolute atomic E-state index is 0.00457. The first kappa shape index (κ1) is 28.2. The normalized spacial score (nSPS) is 12.3. The molecule has 1 rings (SSSR count). The fourth-order valence-corrected chi connectivity index (χ4v) is 3.94. The predicted octanol–water partition coefficient (Wildman–Crippen LogP) is 7.03. The number of hydrogen-bond donors (Lipinski definition) is 1. The fraction of sp³-hybridized carbons (Fsp3) is 0.739. The molecule has 0 saturated heterocycles. The lowest BCUT2D eigenvalue weighted by atomic mass is 10.1. The molecule has 0 amide bonds. The lowest BCUT2D eigenvalue weighted by molar-refractivity contribution is 0.0493. The Hall–Kier alpha value is 0.180. The SMILES string of the molecule is CC(C)NCC(OCCCCBr)c1ccc(OCCCCBr)c(OCCCCBr)c1. The summed E-state index contributed by atoms with van der Waals surface area (Å²) in [6, 6.07) is 6.66. The van der Waals surface area contributed by atoms with E-state index < -0.39 is 0 Å². The van der Waals surface area contributed by atoms with Crippen LogP contribution in [0.25, 0.3) is 0 Å². The quantitative estimate of drug-likeness (QED) is 0.134. The Labute approximate surface area is 208 Å². The molecule has 1 atom stereocenters. The first-order chi connectivity index (χ1) is 14.6. The molecule has 0 aliphatic rings. The summed E-state index contributed by atoms with van der Waals surface area (Å²) in [4.78, 5) is 0. The molecule has 0 aliphatic heterocycles. The minimum atomic E-state index is -0.00457. The zero-order chi connectivity index (χ0) is 22.0. The summed E-state index contributed by atoms with van der Waals surface area (Å²) in [5.74, 6) is 1.64. The maximum Gasteiger partial charge on any atom is 0.161 e. The third-order valence-corrected chi connectivity index (χ3v) is 6.15. The van der Waals surface area contributed by atoms with Gasteiger partial charge in [-0.15, -0.1) is 0 Å². The average molecular weight is 616 g/mol. The number of halogens is 3. The van der Waals surface area contributed by atoms with Gasteiger partial charge >= 0.3 is 0 Å². The molecule has 0 fully saturated rings. The van der Waals surface area contributed by atoms with Crippen LogP contribution in [0.3, 0.4) is 0 Å². The van der Waals surface area contributed by atoms with E-state index in [2.05, 4.69) is 79.1 Å². The first-order valence-corrected chi connectivity index (χ1v) is 14.4. The molecule has 0 heterocycles. The van der Waals surface area contributed by atoms with Crippen LogP contribution in [0.1, 0.15) is 64.0 Å². The summed E-state index contributed by atoms with van der Waals surface area (Å²) in [6.45, 7) is 7.23. The van der Waals surface area contributed by atoms with E-state index in [1.165, 1.54) is 0 Å². The summed E-state index contributed by atoms with van der Waals surface area (Å²) < 4.78 is 18.4. The highest BCUT2D eigenvalue weighted by Crippen LogP contribution is 2.32. The lowest BCUT2D eigenvalue weighted by Crippen LogP contribution is -2.29. The van der Waals surface area contributed by atoms with Crippen LogP contribution in [0.2, 0.25) is 0 Å². The van der Waals surface area contributed by atoms with E-state index in [0.29, 0.717) is 19.3 Å². The lowest BCUT2D eigenvalue weighted by Gasteiger charge is -2.22. The van der Waals surface area contributed by atoms with Crippen LogP contribution in [-0.2, 0) is 4.74 Å². The maximum absolute atomic E-state index is 6.24.